The average Bonchev–Trinajstić information content (AvgIpc) is 3.32. The van der Waals surface area contributed by atoms with Gasteiger partial charge in [-0.1, -0.05) is 11.6 Å². The molecule has 31 heavy (non-hydrogen) atoms. The number of hydrogen-bond acceptors (Lipinski definition) is 7. The van der Waals surface area contributed by atoms with Gasteiger partial charge in [-0.2, -0.15) is 10.1 Å². The lowest BCUT2D eigenvalue weighted by Crippen LogP contribution is -2.51. The average molecular weight is 466 g/mol. The van der Waals surface area contributed by atoms with Crippen molar-refractivity contribution in [1.29, 1.82) is 0 Å². The van der Waals surface area contributed by atoms with Crippen molar-refractivity contribution in [2.75, 3.05) is 0 Å². The molecule has 0 bridgehead atoms. The van der Waals surface area contributed by atoms with Crippen molar-refractivity contribution in [2.24, 2.45) is 5.10 Å². The van der Waals surface area contributed by atoms with Crippen LogP contribution in [0.4, 0.5) is 23.2 Å². The number of aliphatic hydroxyl groups is 1. The normalized spacial score (nSPS) is 18.6. The summed E-state index contributed by atoms with van der Waals surface area (Å²) in [5.41, 5.74) is -4.61. The molecule has 166 valence electrons. The molecule has 9 nitrogen and oxygen atoms in total. The minimum atomic E-state index is -3.58. The Hall–Kier alpha value is -3.19. The summed E-state index contributed by atoms with van der Waals surface area (Å²) < 4.78 is 62.7. The van der Waals surface area contributed by atoms with E-state index in [1.165, 1.54) is 12.1 Å². The summed E-state index contributed by atoms with van der Waals surface area (Å²) in [4.78, 5) is 22.6. The van der Waals surface area contributed by atoms with Gasteiger partial charge >= 0.3 is 5.91 Å². The Morgan fingerprint density at radius 1 is 1.35 bits per heavy atom. The molecule has 2 aromatic rings. The van der Waals surface area contributed by atoms with E-state index in [0.29, 0.717) is 0 Å². The second-order valence-electron chi connectivity index (χ2n) is 6.29. The summed E-state index contributed by atoms with van der Waals surface area (Å²) in [7, 11) is 0. The minimum Gasteiger partial charge on any atom is -0.484 e. The minimum absolute atomic E-state index is 0.0243. The molecule has 1 aromatic carbocycles. The van der Waals surface area contributed by atoms with Gasteiger partial charge in [0.25, 0.3) is 18.5 Å². The fraction of sp³-hybridized carbons (Fsp3) is 0.294. The number of rotatable bonds is 7. The molecule has 3 rings (SSSR count). The lowest BCUT2D eigenvalue weighted by atomic mass is 10.1. The number of alkyl halides is 4. The van der Waals surface area contributed by atoms with E-state index >= 15 is 0 Å². The first-order valence-corrected chi connectivity index (χ1v) is 8.76. The molecular weight excluding hydrogens is 454 g/mol. The van der Waals surface area contributed by atoms with Gasteiger partial charge in [0.05, 0.1) is 16.0 Å². The second-order valence-corrected chi connectivity index (χ2v) is 6.70. The van der Waals surface area contributed by atoms with Gasteiger partial charge in [-0.15, -0.1) is 0 Å². The Kier molecular flexibility index (Phi) is 6.18. The SMILES string of the molecule is O=C(c1ccc(COc2cc([N+](=O)[O-])ccc2Cl)o1)N1N=C(C(F)F)CC1(O)C(F)F. The highest BCUT2D eigenvalue weighted by molar-refractivity contribution is 6.32. The van der Waals surface area contributed by atoms with Crippen LogP contribution in [0.3, 0.4) is 0 Å². The van der Waals surface area contributed by atoms with Gasteiger partial charge in [0.1, 0.15) is 23.8 Å². The third kappa shape index (κ3) is 4.46. The third-order valence-electron chi connectivity index (χ3n) is 4.20. The van der Waals surface area contributed by atoms with Crippen molar-refractivity contribution in [2.45, 2.75) is 31.6 Å². The van der Waals surface area contributed by atoms with Crippen LogP contribution in [0.5, 0.6) is 5.75 Å². The smallest absolute Gasteiger partial charge is 0.312 e. The first-order chi connectivity index (χ1) is 14.5. The van der Waals surface area contributed by atoms with Gasteiger partial charge in [-0.05, 0) is 18.2 Å². The topological polar surface area (TPSA) is 118 Å². The molecule has 1 unspecified atom stereocenters. The number of hydrazone groups is 1. The van der Waals surface area contributed by atoms with Crippen LogP contribution in [0, 0.1) is 10.1 Å². The maximum absolute atomic E-state index is 13.3. The summed E-state index contributed by atoms with van der Waals surface area (Å²) in [6.07, 6.45) is -8.05. The van der Waals surface area contributed by atoms with E-state index in [4.69, 9.17) is 20.8 Å². The standard InChI is InChI=1S/C17H12ClF4N3O6/c18-10-3-1-8(25(28)29)5-13(10)30-7-9-2-4-12(31-9)15(26)24-17(27,16(21)22)6-11(23-24)14(19)20/h1-5,14,16,27H,6-7H2. The first kappa shape index (κ1) is 22.5. The number of non-ortho nitro benzene ring substituents is 1. The largest absolute Gasteiger partial charge is 0.484 e. The summed E-state index contributed by atoms with van der Waals surface area (Å²) in [5, 5.41) is 23.9. The number of nitrogens with zero attached hydrogens (tertiary/aromatic N) is 3. The van der Waals surface area contributed by atoms with Crippen LogP contribution in [-0.2, 0) is 6.61 Å². The van der Waals surface area contributed by atoms with Crippen molar-refractivity contribution in [3.63, 3.8) is 0 Å². The van der Waals surface area contributed by atoms with Crippen LogP contribution in [0.2, 0.25) is 5.02 Å². The number of amides is 1. The maximum Gasteiger partial charge on any atom is 0.312 e. The van der Waals surface area contributed by atoms with Crippen LogP contribution >= 0.6 is 11.6 Å². The van der Waals surface area contributed by atoms with E-state index < -0.39 is 47.3 Å². The Morgan fingerprint density at radius 2 is 2.06 bits per heavy atom. The zero-order valence-corrected chi connectivity index (χ0v) is 15.9. The summed E-state index contributed by atoms with van der Waals surface area (Å²) >= 11 is 5.90. The number of carbonyl (C=O) groups is 1. The zero-order chi connectivity index (χ0) is 22.9. The van der Waals surface area contributed by atoms with Crippen LogP contribution in [-0.4, -0.2) is 45.2 Å². The van der Waals surface area contributed by atoms with Crippen LogP contribution in [0.1, 0.15) is 22.7 Å². The van der Waals surface area contributed by atoms with E-state index in [9.17, 15) is 37.6 Å². The summed E-state index contributed by atoms with van der Waals surface area (Å²) in [5.74, 6) is -2.04. The second kappa shape index (κ2) is 8.51. The first-order valence-electron chi connectivity index (χ1n) is 8.39. The predicted octanol–water partition coefficient (Wildman–Crippen LogP) is 3.84. The number of furan rings is 1. The molecule has 2 heterocycles. The number of ether oxygens (including phenoxy) is 1. The highest BCUT2D eigenvalue weighted by Crippen LogP contribution is 2.35. The molecule has 1 aromatic heterocycles. The highest BCUT2D eigenvalue weighted by Gasteiger charge is 2.54. The molecular formula is C17H12ClF4N3O6. The lowest BCUT2D eigenvalue weighted by Gasteiger charge is -2.29. The molecule has 1 aliphatic rings. The molecule has 0 spiro atoms. The molecule has 0 saturated carbocycles. The number of nitro benzene ring substituents is 1. The van der Waals surface area contributed by atoms with Gasteiger partial charge in [-0.25, -0.2) is 17.6 Å². The maximum atomic E-state index is 13.3. The summed E-state index contributed by atoms with van der Waals surface area (Å²) in [6, 6.07) is 5.72. The highest BCUT2D eigenvalue weighted by atomic mass is 35.5. The molecule has 1 N–H and O–H groups in total. The van der Waals surface area contributed by atoms with Crippen LogP contribution in [0.15, 0.2) is 39.9 Å². The van der Waals surface area contributed by atoms with Crippen molar-refractivity contribution >= 4 is 28.9 Å². The van der Waals surface area contributed by atoms with Gasteiger partial charge in [0.2, 0.25) is 5.72 Å². The van der Waals surface area contributed by atoms with Gasteiger partial charge < -0.3 is 14.3 Å². The quantitative estimate of drug-likeness (QED) is 0.377. The van der Waals surface area contributed by atoms with Crippen molar-refractivity contribution in [3.8, 4) is 5.75 Å². The van der Waals surface area contributed by atoms with E-state index in [1.807, 2.05) is 0 Å². The number of nitro groups is 1. The number of hydrogen-bond donors (Lipinski definition) is 1. The molecule has 1 aliphatic heterocycles. The third-order valence-corrected chi connectivity index (χ3v) is 4.51. The number of benzene rings is 1. The molecule has 0 saturated heterocycles. The molecule has 1 amide bonds. The Morgan fingerprint density at radius 3 is 2.68 bits per heavy atom. The van der Waals surface area contributed by atoms with E-state index in [1.54, 1.807) is 0 Å². The van der Waals surface area contributed by atoms with Crippen LogP contribution < -0.4 is 4.74 Å². The van der Waals surface area contributed by atoms with Crippen LogP contribution in [0.25, 0.3) is 0 Å². The molecule has 0 fully saturated rings. The molecule has 1 atom stereocenters. The van der Waals surface area contributed by atoms with E-state index in [0.717, 1.165) is 18.2 Å². The monoisotopic (exact) mass is 465 g/mol. The number of carbonyl (C=O) groups excluding carboxylic acids is 1. The van der Waals surface area contributed by atoms with Gasteiger partial charge in [0.15, 0.2) is 5.76 Å². The number of halogens is 5. The fourth-order valence-electron chi connectivity index (χ4n) is 2.64. The predicted molar refractivity (Wildman–Crippen MR) is 96.3 cm³/mol. The van der Waals surface area contributed by atoms with E-state index in [-0.39, 0.29) is 33.8 Å². The fourth-order valence-corrected chi connectivity index (χ4v) is 2.82. The Labute approximate surface area is 175 Å². The van der Waals surface area contributed by atoms with E-state index in [2.05, 4.69) is 5.10 Å². The Balaban J connectivity index is 1.77. The van der Waals surface area contributed by atoms with Crippen molar-refractivity contribution in [3.05, 3.63) is 57.0 Å². The molecule has 14 heteroatoms. The Bertz CT molecular complexity index is 1050. The van der Waals surface area contributed by atoms with Gasteiger partial charge in [0, 0.05) is 12.5 Å². The zero-order valence-electron chi connectivity index (χ0n) is 15.2. The van der Waals surface area contributed by atoms with Crippen molar-refractivity contribution < 1.29 is 41.5 Å². The molecule has 0 aliphatic carbocycles. The summed E-state index contributed by atoms with van der Waals surface area (Å²) in [6.45, 7) is -0.362. The lowest BCUT2D eigenvalue weighted by molar-refractivity contribution is -0.384. The van der Waals surface area contributed by atoms with Crippen molar-refractivity contribution in [1.82, 2.24) is 5.01 Å². The van der Waals surface area contributed by atoms with Gasteiger partial charge in [-0.3, -0.25) is 14.9 Å². The molecule has 0 radical (unpaired) electrons.